The highest BCUT2D eigenvalue weighted by molar-refractivity contribution is 5.91. The number of carbonyl (C=O) groups excluding carboxylic acids is 1. The Labute approximate surface area is 127 Å². The number of nitro benzene ring substituents is 1. The van der Waals surface area contributed by atoms with Gasteiger partial charge < -0.3 is 15.4 Å². The first kappa shape index (κ1) is 14.4. The van der Waals surface area contributed by atoms with Crippen LogP contribution in [0.1, 0.15) is 32.3 Å². The molecule has 7 nitrogen and oxygen atoms in total. The Bertz CT molecular complexity index is 709. The van der Waals surface area contributed by atoms with Crippen LogP contribution in [-0.4, -0.2) is 27.9 Å². The molecule has 3 rings (SSSR count). The summed E-state index contributed by atoms with van der Waals surface area (Å²) in [5, 5.41) is 11.1. The van der Waals surface area contributed by atoms with Crippen molar-refractivity contribution in [3.63, 3.8) is 0 Å². The number of carbonyl (C=O) groups is 1. The van der Waals surface area contributed by atoms with Gasteiger partial charge in [-0.2, -0.15) is 0 Å². The Morgan fingerprint density at radius 3 is 2.73 bits per heavy atom. The molecule has 0 spiro atoms. The molecule has 7 heteroatoms. The monoisotopic (exact) mass is 303 g/mol. The molecule has 1 aromatic carbocycles. The van der Waals surface area contributed by atoms with E-state index in [0.29, 0.717) is 30.0 Å². The summed E-state index contributed by atoms with van der Waals surface area (Å²) >= 11 is 0. The lowest BCUT2D eigenvalue weighted by molar-refractivity contribution is -0.383. The lowest BCUT2D eigenvalue weighted by Crippen LogP contribution is -2.34. The quantitative estimate of drug-likeness (QED) is 0.513. The van der Waals surface area contributed by atoms with E-state index in [1.807, 2.05) is 19.9 Å². The van der Waals surface area contributed by atoms with Crippen molar-refractivity contribution in [2.45, 2.75) is 32.3 Å². The van der Waals surface area contributed by atoms with Crippen molar-refractivity contribution in [2.24, 2.45) is 0 Å². The van der Waals surface area contributed by atoms with Gasteiger partial charge in [0, 0.05) is 30.7 Å². The molecule has 2 N–H and O–H groups in total. The van der Waals surface area contributed by atoms with Gasteiger partial charge in [-0.3, -0.25) is 14.9 Å². The molecule has 1 fully saturated rings. The van der Waals surface area contributed by atoms with E-state index in [-0.39, 0.29) is 17.3 Å². The number of anilines is 1. The smallest absolute Gasteiger partial charge is 0.293 e. The minimum atomic E-state index is -0.617. The molecule has 22 heavy (non-hydrogen) atoms. The van der Waals surface area contributed by atoms with Crippen molar-refractivity contribution in [3.05, 3.63) is 33.9 Å². The van der Waals surface area contributed by atoms with Crippen LogP contribution in [-0.2, 0) is 4.79 Å². The summed E-state index contributed by atoms with van der Waals surface area (Å²) in [5.74, 6) is 0.486. The molecule has 1 amide bonds. The molecule has 116 valence electrons. The highest BCUT2D eigenvalue weighted by Crippen LogP contribution is 2.42. The predicted molar refractivity (Wildman–Crippen MR) is 81.1 cm³/mol. The van der Waals surface area contributed by atoms with Crippen LogP contribution < -0.4 is 10.5 Å². The lowest BCUT2D eigenvalue weighted by atomic mass is 9.97. The minimum Gasteiger partial charge on any atom is -0.483 e. The number of ether oxygens (including phenoxy) is 1. The van der Waals surface area contributed by atoms with Crippen LogP contribution in [0.4, 0.5) is 11.4 Å². The van der Waals surface area contributed by atoms with Crippen LogP contribution >= 0.6 is 0 Å². The molecule has 2 aliphatic heterocycles. The summed E-state index contributed by atoms with van der Waals surface area (Å²) in [7, 11) is 0. The normalized spacial score (nSPS) is 19.5. The topological polar surface area (TPSA) is 98.7 Å². The molecular formula is C15H17N3O4. The average Bonchev–Trinajstić information content (AvgIpc) is 2.81. The maximum absolute atomic E-state index is 12.1. The third-order valence-electron chi connectivity index (χ3n) is 3.82. The molecule has 0 radical (unpaired) electrons. The molecule has 1 aromatic rings. The molecule has 1 saturated heterocycles. The van der Waals surface area contributed by atoms with E-state index in [1.165, 1.54) is 12.1 Å². The van der Waals surface area contributed by atoms with Gasteiger partial charge in [-0.15, -0.1) is 0 Å². The molecule has 0 bridgehead atoms. The van der Waals surface area contributed by atoms with Gasteiger partial charge in [0.05, 0.1) is 10.6 Å². The second-order valence-corrected chi connectivity index (χ2v) is 6.05. The Kier molecular flexibility index (Phi) is 3.09. The fourth-order valence-electron chi connectivity index (χ4n) is 2.87. The SMILES string of the molecule is CC1(C)C=C(N2CCCC2=O)c2cc([N+](=O)[O-])c(N)cc2O1. The van der Waals surface area contributed by atoms with Crippen LogP contribution in [0.2, 0.25) is 0 Å². The van der Waals surface area contributed by atoms with Gasteiger partial charge in [0.25, 0.3) is 5.69 Å². The van der Waals surface area contributed by atoms with Crippen LogP contribution in [0.25, 0.3) is 5.70 Å². The van der Waals surface area contributed by atoms with Crippen molar-refractivity contribution >= 4 is 23.0 Å². The van der Waals surface area contributed by atoms with Gasteiger partial charge in [0.2, 0.25) is 5.91 Å². The summed E-state index contributed by atoms with van der Waals surface area (Å²) in [6.45, 7) is 4.35. The number of amides is 1. The average molecular weight is 303 g/mol. The zero-order valence-electron chi connectivity index (χ0n) is 12.5. The van der Waals surface area contributed by atoms with Crippen LogP contribution in [0.15, 0.2) is 18.2 Å². The van der Waals surface area contributed by atoms with Gasteiger partial charge in [-0.05, 0) is 26.3 Å². The van der Waals surface area contributed by atoms with E-state index in [4.69, 9.17) is 10.5 Å². The first-order valence-corrected chi connectivity index (χ1v) is 7.09. The van der Waals surface area contributed by atoms with E-state index < -0.39 is 10.5 Å². The molecule has 0 unspecified atom stereocenters. The Balaban J connectivity index is 2.18. The number of likely N-dealkylation sites (tertiary alicyclic amines) is 1. The van der Waals surface area contributed by atoms with Crippen LogP contribution in [0.5, 0.6) is 5.75 Å². The molecule has 0 atom stereocenters. The maximum Gasteiger partial charge on any atom is 0.293 e. The molecular weight excluding hydrogens is 286 g/mol. The number of nitrogens with zero attached hydrogens (tertiary/aromatic N) is 2. The van der Waals surface area contributed by atoms with Crippen molar-refractivity contribution in [1.29, 1.82) is 0 Å². The van der Waals surface area contributed by atoms with Gasteiger partial charge >= 0.3 is 0 Å². The van der Waals surface area contributed by atoms with E-state index in [1.54, 1.807) is 4.90 Å². The predicted octanol–water partition coefficient (Wildman–Crippen LogP) is 2.31. The van der Waals surface area contributed by atoms with Crippen molar-refractivity contribution in [3.8, 4) is 5.75 Å². The summed E-state index contributed by atoms with van der Waals surface area (Å²) in [4.78, 5) is 24.3. The summed E-state index contributed by atoms with van der Waals surface area (Å²) in [6, 6.07) is 2.85. The number of hydrogen-bond acceptors (Lipinski definition) is 5. The number of hydrogen-bond donors (Lipinski definition) is 1. The number of nitrogen functional groups attached to an aromatic ring is 1. The van der Waals surface area contributed by atoms with E-state index in [9.17, 15) is 14.9 Å². The molecule has 2 heterocycles. The lowest BCUT2D eigenvalue weighted by Gasteiger charge is -2.34. The van der Waals surface area contributed by atoms with E-state index in [2.05, 4.69) is 0 Å². The third-order valence-corrected chi connectivity index (χ3v) is 3.82. The van der Waals surface area contributed by atoms with Crippen LogP contribution in [0, 0.1) is 10.1 Å². The van der Waals surface area contributed by atoms with Crippen LogP contribution in [0.3, 0.4) is 0 Å². The molecule has 0 aliphatic carbocycles. The third kappa shape index (κ3) is 2.28. The molecule has 0 saturated carbocycles. The Hall–Kier alpha value is -2.57. The number of fused-ring (bicyclic) bond motifs is 1. The number of nitro groups is 1. The summed E-state index contributed by atoms with van der Waals surface area (Å²) in [6.07, 6.45) is 3.10. The highest BCUT2D eigenvalue weighted by atomic mass is 16.6. The van der Waals surface area contributed by atoms with Gasteiger partial charge in [0.1, 0.15) is 17.0 Å². The minimum absolute atomic E-state index is 0.0226. The second kappa shape index (κ2) is 4.72. The summed E-state index contributed by atoms with van der Waals surface area (Å²) in [5.41, 5.74) is 6.19. The standard InChI is InChI=1S/C15H17N3O4/c1-15(2)8-12(17-5-3-4-14(17)19)9-6-11(18(20)21)10(16)7-13(9)22-15/h6-8H,3-5,16H2,1-2H3. The first-order chi connectivity index (χ1) is 10.3. The fourth-order valence-corrected chi connectivity index (χ4v) is 2.87. The largest absolute Gasteiger partial charge is 0.483 e. The first-order valence-electron chi connectivity index (χ1n) is 7.09. The van der Waals surface area contributed by atoms with Crippen molar-refractivity contribution in [1.82, 2.24) is 4.90 Å². The van der Waals surface area contributed by atoms with Gasteiger partial charge in [-0.25, -0.2) is 0 Å². The second-order valence-electron chi connectivity index (χ2n) is 6.05. The number of benzene rings is 1. The van der Waals surface area contributed by atoms with Crippen molar-refractivity contribution < 1.29 is 14.5 Å². The zero-order chi connectivity index (χ0) is 16.1. The summed E-state index contributed by atoms with van der Waals surface area (Å²) < 4.78 is 5.84. The number of nitrogens with two attached hydrogens (primary N) is 1. The Morgan fingerprint density at radius 1 is 1.41 bits per heavy atom. The zero-order valence-corrected chi connectivity index (χ0v) is 12.5. The number of rotatable bonds is 2. The van der Waals surface area contributed by atoms with Gasteiger partial charge in [0.15, 0.2) is 0 Å². The molecule has 2 aliphatic rings. The molecule has 0 aromatic heterocycles. The Morgan fingerprint density at radius 2 is 2.14 bits per heavy atom. The van der Waals surface area contributed by atoms with Gasteiger partial charge in [-0.1, -0.05) is 0 Å². The highest BCUT2D eigenvalue weighted by Gasteiger charge is 2.35. The van der Waals surface area contributed by atoms with Crippen molar-refractivity contribution in [2.75, 3.05) is 12.3 Å². The fraction of sp³-hybridized carbons (Fsp3) is 0.400. The maximum atomic E-state index is 12.1. The van der Waals surface area contributed by atoms with E-state index in [0.717, 1.165) is 6.42 Å². The van der Waals surface area contributed by atoms with E-state index >= 15 is 0 Å².